The van der Waals surface area contributed by atoms with E-state index >= 15 is 0 Å². The number of hydrogen-bond acceptors (Lipinski definition) is 5. The van der Waals surface area contributed by atoms with Crippen LogP contribution in [0, 0.1) is 13.8 Å². The lowest BCUT2D eigenvalue weighted by atomic mass is 10.2. The lowest BCUT2D eigenvalue weighted by molar-refractivity contribution is -0.114. The Kier molecular flexibility index (Phi) is 8.74. The van der Waals surface area contributed by atoms with Crippen molar-refractivity contribution in [3.63, 3.8) is 0 Å². The number of benzene rings is 4. The van der Waals surface area contributed by atoms with Gasteiger partial charge >= 0.3 is 0 Å². The predicted octanol–water partition coefficient (Wildman–Crippen LogP) is 6.25. The molecule has 0 aliphatic rings. The average Bonchev–Trinajstić information content (AvgIpc) is 2.87. The lowest BCUT2D eigenvalue weighted by Gasteiger charge is -2.24. The number of aryl methyl sites for hydroxylation is 2. The van der Waals surface area contributed by atoms with Gasteiger partial charge in [-0.2, -0.15) is 0 Å². The van der Waals surface area contributed by atoms with Gasteiger partial charge < -0.3 is 5.32 Å². The third kappa shape index (κ3) is 7.14. The van der Waals surface area contributed by atoms with Crippen molar-refractivity contribution in [3.05, 3.63) is 112 Å². The molecule has 0 spiro atoms. The molecule has 0 unspecified atom stereocenters. The van der Waals surface area contributed by atoms with Crippen LogP contribution in [0.25, 0.3) is 0 Å². The largest absolute Gasteiger partial charge is 0.325 e. The van der Waals surface area contributed by atoms with Crippen LogP contribution >= 0.6 is 23.2 Å². The highest BCUT2D eigenvalue weighted by Crippen LogP contribution is 2.30. The maximum atomic E-state index is 13.6. The van der Waals surface area contributed by atoms with Gasteiger partial charge in [-0.1, -0.05) is 53.0 Å². The maximum Gasteiger partial charge on any atom is 0.264 e. The Morgan fingerprint density at radius 2 is 1.32 bits per heavy atom. The highest BCUT2D eigenvalue weighted by Gasteiger charge is 2.28. The van der Waals surface area contributed by atoms with Crippen molar-refractivity contribution >= 4 is 66.2 Å². The first-order valence-electron chi connectivity index (χ1n) is 11.9. The summed E-state index contributed by atoms with van der Waals surface area (Å²) < 4.78 is 56.1. The van der Waals surface area contributed by atoms with Gasteiger partial charge in [0.05, 0.1) is 15.5 Å². The molecule has 0 aromatic heterocycles. The number of anilines is 3. The van der Waals surface area contributed by atoms with Crippen LogP contribution < -0.4 is 14.3 Å². The SMILES string of the molecule is Cc1ccc(S(=O)(=O)N(CC(=O)Nc2ccc(S(=O)(=O)Nc3cccc(C)c3)cc2)c2cc(Cl)cc(Cl)c2)cc1. The highest BCUT2D eigenvalue weighted by molar-refractivity contribution is 7.93. The zero-order chi connectivity index (χ0) is 29.1. The van der Waals surface area contributed by atoms with E-state index in [4.69, 9.17) is 23.2 Å². The molecule has 0 fully saturated rings. The van der Waals surface area contributed by atoms with Gasteiger partial charge in [0.1, 0.15) is 6.54 Å². The predicted molar refractivity (Wildman–Crippen MR) is 159 cm³/mol. The Balaban J connectivity index is 1.55. The molecule has 0 radical (unpaired) electrons. The lowest BCUT2D eigenvalue weighted by Crippen LogP contribution is -2.38. The summed E-state index contributed by atoms with van der Waals surface area (Å²) in [4.78, 5) is 13.0. The molecule has 0 atom stereocenters. The molecule has 208 valence electrons. The summed E-state index contributed by atoms with van der Waals surface area (Å²) in [6, 6.07) is 22.9. The number of nitrogens with one attached hydrogen (secondary N) is 2. The van der Waals surface area contributed by atoms with Crippen molar-refractivity contribution in [2.75, 3.05) is 20.9 Å². The minimum absolute atomic E-state index is 0.0100. The van der Waals surface area contributed by atoms with Crippen molar-refractivity contribution in [2.45, 2.75) is 23.6 Å². The Labute approximate surface area is 243 Å². The van der Waals surface area contributed by atoms with Gasteiger partial charge in [-0.3, -0.25) is 13.8 Å². The third-order valence-electron chi connectivity index (χ3n) is 5.75. The molecule has 4 aromatic rings. The second-order valence-corrected chi connectivity index (χ2v) is 13.4. The van der Waals surface area contributed by atoms with E-state index in [1.54, 1.807) is 30.3 Å². The second kappa shape index (κ2) is 11.9. The molecule has 0 heterocycles. The Hall–Kier alpha value is -3.57. The maximum absolute atomic E-state index is 13.6. The molecule has 0 bridgehead atoms. The zero-order valence-corrected chi connectivity index (χ0v) is 24.6. The van der Waals surface area contributed by atoms with Gasteiger partial charge in [0.25, 0.3) is 20.0 Å². The van der Waals surface area contributed by atoms with Crippen LogP contribution in [0.4, 0.5) is 17.1 Å². The minimum atomic E-state index is -4.18. The van der Waals surface area contributed by atoms with E-state index in [1.165, 1.54) is 54.6 Å². The first-order valence-corrected chi connectivity index (χ1v) is 15.6. The summed E-state index contributed by atoms with van der Waals surface area (Å²) in [5.74, 6) is -0.666. The average molecular weight is 619 g/mol. The van der Waals surface area contributed by atoms with Crippen LogP contribution in [-0.2, 0) is 24.8 Å². The molecule has 40 heavy (non-hydrogen) atoms. The number of amides is 1. The molecular weight excluding hydrogens is 593 g/mol. The van der Waals surface area contributed by atoms with E-state index in [0.717, 1.165) is 15.4 Å². The standard InChI is InChI=1S/C28H25Cl2N3O5S2/c1-19-6-10-27(11-7-19)40(37,38)33(25-16-21(29)15-22(30)17-25)18-28(34)31-23-8-12-26(13-9-23)39(35,36)32-24-5-3-4-20(2)14-24/h3-17,32H,18H2,1-2H3,(H,31,34). The summed E-state index contributed by atoms with van der Waals surface area (Å²) in [7, 11) is -8.05. The van der Waals surface area contributed by atoms with Gasteiger partial charge in [0.15, 0.2) is 0 Å². The van der Waals surface area contributed by atoms with Gasteiger partial charge in [-0.15, -0.1) is 0 Å². The van der Waals surface area contributed by atoms with E-state index in [2.05, 4.69) is 10.0 Å². The number of carbonyl (C=O) groups is 1. The van der Waals surface area contributed by atoms with Crippen molar-refractivity contribution in [1.82, 2.24) is 0 Å². The Bertz CT molecular complexity index is 1740. The monoisotopic (exact) mass is 617 g/mol. The number of carbonyl (C=O) groups excluding carboxylic acids is 1. The van der Waals surface area contributed by atoms with Crippen LogP contribution in [0.15, 0.2) is 101 Å². The summed E-state index contributed by atoms with van der Waals surface area (Å²) >= 11 is 12.3. The van der Waals surface area contributed by atoms with Crippen LogP contribution in [0.5, 0.6) is 0 Å². The van der Waals surface area contributed by atoms with Crippen molar-refractivity contribution in [3.8, 4) is 0 Å². The Morgan fingerprint density at radius 3 is 1.93 bits per heavy atom. The van der Waals surface area contributed by atoms with E-state index < -0.39 is 32.5 Å². The molecular formula is C28H25Cl2N3O5S2. The molecule has 0 saturated carbocycles. The number of nitrogens with zero attached hydrogens (tertiary/aromatic N) is 1. The first-order chi connectivity index (χ1) is 18.8. The fraction of sp³-hybridized carbons (Fsp3) is 0.107. The van der Waals surface area contributed by atoms with Gasteiger partial charge in [0.2, 0.25) is 5.91 Å². The fourth-order valence-corrected chi connectivity index (χ4v) is 6.78. The summed E-state index contributed by atoms with van der Waals surface area (Å²) in [6.07, 6.45) is 0. The van der Waals surface area contributed by atoms with Crippen LogP contribution in [0.3, 0.4) is 0 Å². The zero-order valence-electron chi connectivity index (χ0n) is 21.4. The van der Waals surface area contributed by atoms with Gasteiger partial charge in [-0.25, -0.2) is 16.8 Å². The minimum Gasteiger partial charge on any atom is -0.325 e. The second-order valence-electron chi connectivity index (χ2n) is 9.00. The number of halogens is 2. The van der Waals surface area contributed by atoms with Gasteiger partial charge in [-0.05, 0) is 86.1 Å². The molecule has 8 nitrogen and oxygen atoms in total. The molecule has 0 saturated heterocycles. The molecule has 12 heteroatoms. The number of hydrogen-bond donors (Lipinski definition) is 2. The molecule has 0 aliphatic heterocycles. The molecule has 4 aromatic carbocycles. The topological polar surface area (TPSA) is 113 Å². The van der Waals surface area contributed by atoms with Crippen molar-refractivity contribution in [2.24, 2.45) is 0 Å². The summed E-state index contributed by atoms with van der Waals surface area (Å²) in [6.45, 7) is 3.08. The quantitative estimate of drug-likeness (QED) is 0.231. The first kappa shape index (κ1) is 29.4. The van der Waals surface area contributed by atoms with Crippen molar-refractivity contribution < 1.29 is 21.6 Å². The van der Waals surface area contributed by atoms with Crippen LogP contribution in [0.1, 0.15) is 11.1 Å². The summed E-state index contributed by atoms with van der Waals surface area (Å²) in [5.41, 5.74) is 2.58. The number of rotatable bonds is 9. The van der Waals surface area contributed by atoms with E-state index in [1.807, 2.05) is 19.9 Å². The van der Waals surface area contributed by atoms with Crippen LogP contribution in [0.2, 0.25) is 10.0 Å². The third-order valence-corrected chi connectivity index (χ3v) is 9.37. The Morgan fingerprint density at radius 1 is 0.725 bits per heavy atom. The highest BCUT2D eigenvalue weighted by atomic mass is 35.5. The molecule has 0 aliphatic carbocycles. The molecule has 4 rings (SSSR count). The summed E-state index contributed by atoms with van der Waals surface area (Å²) in [5, 5.41) is 3.01. The van der Waals surface area contributed by atoms with Crippen LogP contribution in [-0.4, -0.2) is 29.3 Å². The normalized spacial score (nSPS) is 11.6. The van der Waals surface area contributed by atoms with E-state index in [9.17, 15) is 21.6 Å². The molecule has 2 N–H and O–H groups in total. The van der Waals surface area contributed by atoms with E-state index in [-0.39, 0.29) is 31.2 Å². The molecule has 1 amide bonds. The van der Waals surface area contributed by atoms with Gasteiger partial charge in [0, 0.05) is 21.4 Å². The fourth-order valence-electron chi connectivity index (χ4n) is 3.81. The van der Waals surface area contributed by atoms with Crippen molar-refractivity contribution in [1.29, 1.82) is 0 Å². The smallest absolute Gasteiger partial charge is 0.264 e. The number of sulfonamides is 2. The van der Waals surface area contributed by atoms with E-state index in [0.29, 0.717) is 5.69 Å².